The SMILES string of the molecule is NCc1ccc2[nH]c(C3CCC3)cc2c1. The van der Waals surface area contributed by atoms with Crippen molar-refractivity contribution in [3.05, 3.63) is 35.5 Å². The van der Waals surface area contributed by atoms with Gasteiger partial charge < -0.3 is 10.7 Å². The molecule has 3 rings (SSSR count). The van der Waals surface area contributed by atoms with Crippen LogP contribution in [0.1, 0.15) is 36.4 Å². The van der Waals surface area contributed by atoms with Gasteiger partial charge in [-0.1, -0.05) is 12.5 Å². The Kier molecular flexibility index (Phi) is 2.03. The minimum Gasteiger partial charge on any atom is -0.358 e. The summed E-state index contributed by atoms with van der Waals surface area (Å²) in [6.07, 6.45) is 4.07. The monoisotopic (exact) mass is 200 g/mol. The van der Waals surface area contributed by atoms with E-state index in [-0.39, 0.29) is 0 Å². The quantitative estimate of drug-likeness (QED) is 0.769. The third kappa shape index (κ3) is 1.45. The normalized spacial score (nSPS) is 16.9. The highest BCUT2D eigenvalue weighted by molar-refractivity contribution is 5.81. The highest BCUT2D eigenvalue weighted by Gasteiger charge is 2.20. The maximum atomic E-state index is 5.63. The van der Waals surface area contributed by atoms with Crippen molar-refractivity contribution in [3.63, 3.8) is 0 Å². The lowest BCUT2D eigenvalue weighted by molar-refractivity contribution is 0.413. The van der Waals surface area contributed by atoms with Crippen LogP contribution in [0.4, 0.5) is 0 Å². The van der Waals surface area contributed by atoms with E-state index in [9.17, 15) is 0 Å². The molecule has 1 fully saturated rings. The van der Waals surface area contributed by atoms with Gasteiger partial charge in [-0.3, -0.25) is 0 Å². The minimum atomic E-state index is 0.625. The maximum absolute atomic E-state index is 5.63. The smallest absolute Gasteiger partial charge is 0.0456 e. The summed E-state index contributed by atoms with van der Waals surface area (Å²) < 4.78 is 0. The van der Waals surface area contributed by atoms with Crippen molar-refractivity contribution in [2.24, 2.45) is 5.73 Å². The van der Waals surface area contributed by atoms with Gasteiger partial charge in [0.05, 0.1) is 0 Å². The van der Waals surface area contributed by atoms with Gasteiger partial charge in [-0.05, 0) is 47.9 Å². The van der Waals surface area contributed by atoms with E-state index in [1.165, 1.54) is 41.4 Å². The van der Waals surface area contributed by atoms with Crippen molar-refractivity contribution >= 4 is 10.9 Å². The number of aromatic amines is 1. The summed E-state index contributed by atoms with van der Waals surface area (Å²) >= 11 is 0. The molecule has 2 nitrogen and oxygen atoms in total. The number of rotatable bonds is 2. The lowest BCUT2D eigenvalue weighted by Crippen LogP contribution is -2.08. The van der Waals surface area contributed by atoms with Crippen molar-refractivity contribution in [1.29, 1.82) is 0 Å². The van der Waals surface area contributed by atoms with Crippen LogP contribution in [0.5, 0.6) is 0 Å². The molecule has 2 aromatic rings. The Morgan fingerprint density at radius 1 is 1.27 bits per heavy atom. The molecule has 1 aliphatic carbocycles. The van der Waals surface area contributed by atoms with Crippen LogP contribution >= 0.6 is 0 Å². The summed E-state index contributed by atoms with van der Waals surface area (Å²) in [5, 5.41) is 1.31. The van der Waals surface area contributed by atoms with Crippen molar-refractivity contribution in [2.75, 3.05) is 0 Å². The second kappa shape index (κ2) is 3.38. The number of nitrogens with two attached hydrogens (primary N) is 1. The molecule has 1 saturated carbocycles. The van der Waals surface area contributed by atoms with E-state index < -0.39 is 0 Å². The van der Waals surface area contributed by atoms with Crippen molar-refractivity contribution < 1.29 is 0 Å². The van der Waals surface area contributed by atoms with Gasteiger partial charge in [-0.2, -0.15) is 0 Å². The van der Waals surface area contributed by atoms with Crippen molar-refractivity contribution in [3.8, 4) is 0 Å². The zero-order valence-corrected chi connectivity index (χ0v) is 8.79. The van der Waals surface area contributed by atoms with Crippen LogP contribution in [-0.4, -0.2) is 4.98 Å². The fourth-order valence-electron chi connectivity index (χ4n) is 2.27. The van der Waals surface area contributed by atoms with Crippen LogP contribution in [-0.2, 0) is 6.54 Å². The number of benzene rings is 1. The van der Waals surface area contributed by atoms with E-state index in [2.05, 4.69) is 29.2 Å². The third-order valence-corrected chi connectivity index (χ3v) is 3.49. The summed E-state index contributed by atoms with van der Waals surface area (Å²) in [6, 6.07) is 8.72. The van der Waals surface area contributed by atoms with Gasteiger partial charge in [0.2, 0.25) is 0 Å². The van der Waals surface area contributed by atoms with Gasteiger partial charge in [0.25, 0.3) is 0 Å². The Balaban J connectivity index is 2.04. The van der Waals surface area contributed by atoms with E-state index in [0.29, 0.717) is 6.54 Å². The molecular formula is C13H16N2. The van der Waals surface area contributed by atoms with Crippen LogP contribution in [0.3, 0.4) is 0 Å². The first kappa shape index (κ1) is 8.98. The number of hydrogen-bond donors (Lipinski definition) is 2. The van der Waals surface area contributed by atoms with Gasteiger partial charge >= 0.3 is 0 Å². The molecule has 15 heavy (non-hydrogen) atoms. The van der Waals surface area contributed by atoms with E-state index in [1.807, 2.05) is 0 Å². The first-order chi connectivity index (χ1) is 7.36. The molecular weight excluding hydrogens is 184 g/mol. The van der Waals surface area contributed by atoms with Crippen molar-refractivity contribution in [1.82, 2.24) is 4.98 Å². The van der Waals surface area contributed by atoms with Crippen molar-refractivity contribution in [2.45, 2.75) is 31.7 Å². The third-order valence-electron chi connectivity index (χ3n) is 3.49. The zero-order valence-electron chi connectivity index (χ0n) is 8.79. The van der Waals surface area contributed by atoms with Crippen LogP contribution < -0.4 is 5.73 Å². The van der Waals surface area contributed by atoms with Crippen LogP contribution in [0.25, 0.3) is 10.9 Å². The number of H-pyrrole nitrogens is 1. The number of hydrogen-bond acceptors (Lipinski definition) is 1. The van der Waals surface area contributed by atoms with Crippen LogP contribution in [0.2, 0.25) is 0 Å². The molecule has 1 aromatic carbocycles. The molecule has 1 aliphatic rings. The molecule has 1 aromatic heterocycles. The molecule has 0 unspecified atom stereocenters. The molecule has 78 valence electrons. The molecule has 0 atom stereocenters. The fourth-order valence-corrected chi connectivity index (χ4v) is 2.27. The molecule has 1 heterocycles. The van der Waals surface area contributed by atoms with Gasteiger partial charge in [0.1, 0.15) is 0 Å². The molecule has 0 aliphatic heterocycles. The summed E-state index contributed by atoms with van der Waals surface area (Å²) in [6.45, 7) is 0.625. The Labute approximate surface area is 89.5 Å². The number of aromatic nitrogens is 1. The zero-order chi connectivity index (χ0) is 10.3. The molecule has 2 heteroatoms. The average molecular weight is 200 g/mol. The predicted molar refractivity (Wildman–Crippen MR) is 62.8 cm³/mol. The van der Waals surface area contributed by atoms with Gasteiger partial charge in [0.15, 0.2) is 0 Å². The second-order valence-corrected chi connectivity index (χ2v) is 4.48. The molecule has 0 radical (unpaired) electrons. The standard InChI is InChI=1S/C13H16N2/c14-8-9-4-5-12-11(6-9)7-13(15-12)10-2-1-3-10/h4-7,10,15H,1-3,8,14H2. The maximum Gasteiger partial charge on any atom is 0.0456 e. The topological polar surface area (TPSA) is 41.8 Å². The fraction of sp³-hybridized carbons (Fsp3) is 0.385. The minimum absolute atomic E-state index is 0.625. The van der Waals surface area contributed by atoms with Gasteiger partial charge in [-0.25, -0.2) is 0 Å². The van der Waals surface area contributed by atoms with E-state index >= 15 is 0 Å². The summed E-state index contributed by atoms with van der Waals surface area (Å²) in [5.41, 5.74) is 9.50. The summed E-state index contributed by atoms with van der Waals surface area (Å²) in [5.74, 6) is 0.777. The Bertz CT molecular complexity index is 480. The lowest BCUT2D eigenvalue weighted by Gasteiger charge is -2.23. The Morgan fingerprint density at radius 2 is 2.13 bits per heavy atom. The predicted octanol–water partition coefficient (Wildman–Crippen LogP) is 2.89. The summed E-state index contributed by atoms with van der Waals surface area (Å²) in [7, 11) is 0. The average Bonchev–Trinajstić information content (AvgIpc) is 2.56. The first-order valence-corrected chi connectivity index (χ1v) is 5.68. The number of nitrogens with one attached hydrogen (secondary N) is 1. The van der Waals surface area contributed by atoms with Gasteiger partial charge in [-0.15, -0.1) is 0 Å². The van der Waals surface area contributed by atoms with Crippen LogP contribution in [0, 0.1) is 0 Å². The summed E-state index contributed by atoms with van der Waals surface area (Å²) in [4.78, 5) is 3.51. The van der Waals surface area contributed by atoms with Crippen LogP contribution in [0.15, 0.2) is 24.3 Å². The number of fused-ring (bicyclic) bond motifs is 1. The molecule has 0 spiro atoms. The van der Waals surface area contributed by atoms with E-state index in [1.54, 1.807) is 0 Å². The Hall–Kier alpha value is -1.28. The molecule has 0 amide bonds. The largest absolute Gasteiger partial charge is 0.358 e. The molecule has 3 N–H and O–H groups in total. The second-order valence-electron chi connectivity index (χ2n) is 4.48. The lowest BCUT2D eigenvalue weighted by atomic mass is 9.83. The van der Waals surface area contributed by atoms with Gasteiger partial charge in [0, 0.05) is 17.8 Å². The molecule has 0 bridgehead atoms. The molecule has 0 saturated heterocycles. The van der Waals surface area contributed by atoms with E-state index in [0.717, 1.165) is 5.92 Å². The first-order valence-electron chi connectivity index (χ1n) is 5.68. The van der Waals surface area contributed by atoms with E-state index in [4.69, 9.17) is 5.73 Å². The highest BCUT2D eigenvalue weighted by Crippen LogP contribution is 2.37. The highest BCUT2D eigenvalue weighted by atomic mass is 14.7. The Morgan fingerprint density at radius 3 is 2.80 bits per heavy atom.